The fourth-order valence-electron chi connectivity index (χ4n) is 2.57. The monoisotopic (exact) mass is 286 g/mol. The van der Waals surface area contributed by atoms with Crippen molar-refractivity contribution in [2.24, 2.45) is 5.73 Å². The zero-order chi connectivity index (χ0) is 14.1. The van der Waals surface area contributed by atoms with Crippen LogP contribution in [-0.4, -0.2) is 35.4 Å². The molecule has 0 saturated carbocycles. The van der Waals surface area contributed by atoms with E-state index in [-0.39, 0.29) is 5.84 Å². The van der Waals surface area contributed by atoms with E-state index in [0.29, 0.717) is 6.04 Å². The summed E-state index contributed by atoms with van der Waals surface area (Å²) in [6.45, 7) is 0. The first kappa shape index (κ1) is 13.2. The van der Waals surface area contributed by atoms with Crippen molar-refractivity contribution in [3.05, 3.63) is 35.9 Å². The van der Waals surface area contributed by atoms with Crippen LogP contribution in [0.2, 0.25) is 0 Å². The largest absolute Gasteiger partial charge is 0.384 e. The van der Waals surface area contributed by atoms with Gasteiger partial charge in [0.1, 0.15) is 11.7 Å². The van der Waals surface area contributed by atoms with Crippen molar-refractivity contribution < 1.29 is 0 Å². The normalized spacial score (nSPS) is 18.4. The van der Waals surface area contributed by atoms with Crippen LogP contribution in [0.5, 0.6) is 0 Å². The van der Waals surface area contributed by atoms with E-state index in [9.17, 15) is 0 Å². The van der Waals surface area contributed by atoms with Crippen LogP contribution >= 0.6 is 11.8 Å². The molecule has 0 spiro atoms. The number of nitrogens with one attached hydrogen (secondary N) is 1. The summed E-state index contributed by atoms with van der Waals surface area (Å²) >= 11 is 1.97. The van der Waals surface area contributed by atoms with Gasteiger partial charge in [0.15, 0.2) is 0 Å². The number of para-hydroxylation sites is 1. The number of nitrogen functional groups attached to an aromatic ring is 1. The Balaban J connectivity index is 2.11. The Morgan fingerprint density at radius 3 is 2.95 bits per heavy atom. The van der Waals surface area contributed by atoms with Gasteiger partial charge in [-0.15, -0.1) is 0 Å². The van der Waals surface area contributed by atoms with Gasteiger partial charge in [0.25, 0.3) is 0 Å². The number of amidine groups is 1. The third-order valence-electron chi connectivity index (χ3n) is 3.78. The highest BCUT2D eigenvalue weighted by Gasteiger charge is 2.24. The van der Waals surface area contributed by atoms with E-state index >= 15 is 0 Å². The molecule has 0 bridgehead atoms. The molecule has 2 heterocycles. The van der Waals surface area contributed by atoms with Crippen LogP contribution in [0.1, 0.15) is 12.0 Å². The molecular formula is C15H18N4S. The molecule has 0 aliphatic carbocycles. The Kier molecular flexibility index (Phi) is 3.53. The minimum Gasteiger partial charge on any atom is -0.384 e. The van der Waals surface area contributed by atoms with Crippen LogP contribution < -0.4 is 10.6 Å². The predicted octanol–water partition coefficient (Wildman–Crippen LogP) is 2.46. The van der Waals surface area contributed by atoms with Gasteiger partial charge in [0, 0.05) is 24.2 Å². The lowest BCUT2D eigenvalue weighted by atomic mass is 10.1. The molecule has 20 heavy (non-hydrogen) atoms. The van der Waals surface area contributed by atoms with Crippen LogP contribution in [0.4, 0.5) is 5.82 Å². The lowest BCUT2D eigenvalue weighted by Crippen LogP contribution is -2.34. The molecule has 1 aliphatic heterocycles. The van der Waals surface area contributed by atoms with Crippen molar-refractivity contribution in [3.63, 3.8) is 0 Å². The van der Waals surface area contributed by atoms with Gasteiger partial charge in [-0.1, -0.05) is 18.2 Å². The van der Waals surface area contributed by atoms with Gasteiger partial charge < -0.3 is 10.6 Å². The number of nitrogens with two attached hydrogens (primary N) is 1. The first-order chi connectivity index (χ1) is 9.66. The number of pyridine rings is 1. The molecular weight excluding hydrogens is 268 g/mol. The van der Waals surface area contributed by atoms with Crippen molar-refractivity contribution in [2.75, 3.05) is 23.5 Å². The fourth-order valence-corrected chi connectivity index (χ4v) is 3.84. The first-order valence-corrected chi connectivity index (χ1v) is 7.87. The summed E-state index contributed by atoms with van der Waals surface area (Å²) < 4.78 is 0. The maximum Gasteiger partial charge on any atom is 0.140 e. The number of fused-ring (bicyclic) bond motifs is 1. The molecule has 3 rings (SSSR count). The second kappa shape index (κ2) is 5.32. The van der Waals surface area contributed by atoms with Crippen molar-refractivity contribution >= 4 is 34.3 Å². The maximum absolute atomic E-state index is 7.82. The molecule has 3 N–H and O–H groups in total. The summed E-state index contributed by atoms with van der Waals surface area (Å²) in [5, 5.41) is 8.85. The molecule has 104 valence electrons. The van der Waals surface area contributed by atoms with Crippen LogP contribution in [-0.2, 0) is 0 Å². The second-order valence-corrected chi connectivity index (χ2v) is 6.24. The minimum atomic E-state index is 0.0794. The van der Waals surface area contributed by atoms with E-state index in [2.05, 4.69) is 11.9 Å². The molecule has 1 aromatic carbocycles. The molecule has 1 atom stereocenters. The van der Waals surface area contributed by atoms with Gasteiger partial charge in [-0.2, -0.15) is 11.8 Å². The zero-order valence-electron chi connectivity index (χ0n) is 11.5. The lowest BCUT2D eigenvalue weighted by Gasteiger charge is -2.27. The maximum atomic E-state index is 7.82. The third-order valence-corrected chi connectivity index (χ3v) is 4.93. The van der Waals surface area contributed by atoms with Gasteiger partial charge in [-0.3, -0.25) is 5.41 Å². The van der Waals surface area contributed by atoms with Gasteiger partial charge in [0.05, 0.1) is 11.1 Å². The number of benzene rings is 1. The molecule has 1 aliphatic rings. The second-order valence-electron chi connectivity index (χ2n) is 5.09. The van der Waals surface area contributed by atoms with Gasteiger partial charge >= 0.3 is 0 Å². The highest BCUT2D eigenvalue weighted by molar-refractivity contribution is 7.99. The summed E-state index contributed by atoms with van der Waals surface area (Å²) in [5.74, 6) is 3.21. The number of rotatable bonds is 3. The van der Waals surface area contributed by atoms with E-state index in [4.69, 9.17) is 16.1 Å². The fraction of sp³-hybridized carbons (Fsp3) is 0.333. The number of anilines is 1. The average molecular weight is 286 g/mol. The smallest absolute Gasteiger partial charge is 0.140 e. The van der Waals surface area contributed by atoms with Crippen LogP contribution in [0.25, 0.3) is 10.9 Å². The summed E-state index contributed by atoms with van der Waals surface area (Å²) in [4.78, 5) is 6.92. The first-order valence-electron chi connectivity index (χ1n) is 6.71. The Bertz CT molecular complexity index is 649. The van der Waals surface area contributed by atoms with Gasteiger partial charge in [-0.25, -0.2) is 4.98 Å². The van der Waals surface area contributed by atoms with E-state index in [0.717, 1.165) is 34.5 Å². The molecule has 1 aromatic heterocycles. The number of hydrogen-bond donors (Lipinski definition) is 2. The molecule has 0 radical (unpaired) electrons. The quantitative estimate of drug-likeness (QED) is 0.672. The van der Waals surface area contributed by atoms with E-state index in [1.807, 2.05) is 42.1 Å². The highest BCUT2D eigenvalue weighted by atomic mass is 32.2. The number of thioether (sulfide) groups is 1. The summed E-state index contributed by atoms with van der Waals surface area (Å²) in [6.07, 6.45) is 1.16. The standard InChI is InChI=1S/C15H18N4S/c1-19(11-6-7-20-9-11)15-12(14(16)17)8-10-4-2-3-5-13(10)18-15/h2-5,8,11H,6-7,9H2,1H3,(H3,16,17). The molecule has 1 fully saturated rings. The molecule has 5 heteroatoms. The minimum absolute atomic E-state index is 0.0794. The Hall–Kier alpha value is -1.75. The predicted molar refractivity (Wildman–Crippen MR) is 86.9 cm³/mol. The SMILES string of the molecule is CN(c1nc2ccccc2cc1C(=N)N)C1CCSC1. The van der Waals surface area contributed by atoms with Crippen LogP contribution in [0.3, 0.4) is 0 Å². The van der Waals surface area contributed by atoms with E-state index in [1.165, 1.54) is 5.75 Å². The van der Waals surface area contributed by atoms with E-state index in [1.54, 1.807) is 0 Å². The number of aromatic nitrogens is 1. The highest BCUT2D eigenvalue weighted by Crippen LogP contribution is 2.28. The Labute approximate surface area is 122 Å². The average Bonchev–Trinajstić information content (AvgIpc) is 2.99. The summed E-state index contributed by atoms with van der Waals surface area (Å²) in [7, 11) is 2.06. The van der Waals surface area contributed by atoms with Crippen molar-refractivity contribution in [2.45, 2.75) is 12.5 Å². The number of nitrogens with zero attached hydrogens (tertiary/aromatic N) is 2. The molecule has 2 aromatic rings. The Morgan fingerprint density at radius 2 is 2.25 bits per heavy atom. The van der Waals surface area contributed by atoms with Crippen LogP contribution in [0, 0.1) is 5.41 Å². The third kappa shape index (κ3) is 2.33. The van der Waals surface area contributed by atoms with Gasteiger partial charge in [0.2, 0.25) is 0 Å². The summed E-state index contributed by atoms with van der Waals surface area (Å²) in [5.41, 5.74) is 7.43. The topological polar surface area (TPSA) is 66.0 Å². The lowest BCUT2D eigenvalue weighted by molar-refractivity contribution is 0.692. The van der Waals surface area contributed by atoms with Crippen molar-refractivity contribution in [1.29, 1.82) is 5.41 Å². The molecule has 4 nitrogen and oxygen atoms in total. The number of hydrogen-bond acceptors (Lipinski definition) is 4. The molecule has 1 saturated heterocycles. The van der Waals surface area contributed by atoms with Crippen molar-refractivity contribution in [1.82, 2.24) is 4.98 Å². The molecule has 1 unspecified atom stereocenters. The molecule has 0 amide bonds. The van der Waals surface area contributed by atoms with E-state index < -0.39 is 0 Å². The Morgan fingerprint density at radius 1 is 1.45 bits per heavy atom. The summed E-state index contributed by atoms with van der Waals surface area (Å²) in [6, 6.07) is 10.4. The zero-order valence-corrected chi connectivity index (χ0v) is 12.3. The van der Waals surface area contributed by atoms with Crippen molar-refractivity contribution in [3.8, 4) is 0 Å². The van der Waals surface area contributed by atoms with Crippen LogP contribution in [0.15, 0.2) is 30.3 Å². The van der Waals surface area contributed by atoms with Gasteiger partial charge in [-0.05, 0) is 24.3 Å².